The average Bonchev–Trinajstić information content (AvgIpc) is 3.01. The minimum Gasteiger partial charge on any atom is -0.339 e. The molecule has 2 aliphatic rings. The van der Waals surface area contributed by atoms with Gasteiger partial charge < -0.3 is 4.90 Å². The molecule has 26 heavy (non-hydrogen) atoms. The van der Waals surface area contributed by atoms with Crippen LogP contribution in [0.25, 0.3) is 0 Å². The Labute approximate surface area is 154 Å². The first kappa shape index (κ1) is 17.5. The molecule has 1 aromatic heterocycles. The molecule has 0 unspecified atom stereocenters. The molecule has 2 aromatic rings. The second-order valence-corrected chi connectivity index (χ2v) is 7.91. The number of fused-ring (bicyclic) bond motifs is 1. The number of benzene rings is 1. The summed E-state index contributed by atoms with van der Waals surface area (Å²) < 4.78 is 37.8. The Balaban J connectivity index is 1.28. The van der Waals surface area contributed by atoms with Crippen molar-refractivity contribution in [2.45, 2.75) is 31.6 Å². The minimum atomic E-state index is -4.34. The second-order valence-electron chi connectivity index (χ2n) is 6.91. The van der Waals surface area contributed by atoms with E-state index in [9.17, 15) is 18.0 Å². The van der Waals surface area contributed by atoms with E-state index < -0.39 is 11.7 Å². The summed E-state index contributed by atoms with van der Waals surface area (Å²) in [5, 5.41) is 2.13. The largest absolute Gasteiger partial charge is 0.416 e. The second kappa shape index (κ2) is 6.70. The Hall–Kier alpha value is -1.86. The lowest BCUT2D eigenvalue weighted by atomic mass is 10.0. The van der Waals surface area contributed by atoms with Gasteiger partial charge in [0.25, 0.3) is 0 Å². The Morgan fingerprint density at radius 1 is 1.15 bits per heavy atom. The van der Waals surface area contributed by atoms with Gasteiger partial charge >= 0.3 is 6.18 Å². The zero-order valence-electron chi connectivity index (χ0n) is 14.1. The maximum absolute atomic E-state index is 12.6. The third kappa shape index (κ3) is 3.50. The van der Waals surface area contributed by atoms with Crippen LogP contribution in [0.1, 0.15) is 21.6 Å². The van der Waals surface area contributed by atoms with Crippen LogP contribution in [0, 0.1) is 0 Å². The van der Waals surface area contributed by atoms with Gasteiger partial charge in [0.2, 0.25) is 5.91 Å². The van der Waals surface area contributed by atoms with Crippen molar-refractivity contribution in [1.82, 2.24) is 9.80 Å². The van der Waals surface area contributed by atoms with Gasteiger partial charge in [0.15, 0.2) is 0 Å². The molecule has 1 fully saturated rings. The van der Waals surface area contributed by atoms with Crippen molar-refractivity contribution >= 4 is 17.2 Å². The molecule has 0 radical (unpaired) electrons. The summed E-state index contributed by atoms with van der Waals surface area (Å²) in [6, 6.07) is 7.42. The van der Waals surface area contributed by atoms with Gasteiger partial charge in [0, 0.05) is 37.1 Å². The normalized spacial score (nSPS) is 18.5. The van der Waals surface area contributed by atoms with E-state index in [-0.39, 0.29) is 12.3 Å². The van der Waals surface area contributed by atoms with Crippen molar-refractivity contribution in [3.8, 4) is 0 Å². The van der Waals surface area contributed by atoms with E-state index in [1.807, 2.05) is 11.3 Å². The number of carbonyl (C=O) groups excluding carboxylic acids is 1. The van der Waals surface area contributed by atoms with E-state index in [2.05, 4.69) is 16.3 Å². The predicted octanol–water partition coefficient (Wildman–Crippen LogP) is 3.58. The lowest BCUT2D eigenvalue weighted by Crippen LogP contribution is -2.61. The number of likely N-dealkylation sites (tertiary alicyclic amines) is 1. The average molecular weight is 380 g/mol. The Morgan fingerprint density at radius 3 is 2.58 bits per heavy atom. The van der Waals surface area contributed by atoms with Crippen LogP contribution >= 0.6 is 11.3 Å². The summed E-state index contributed by atoms with van der Waals surface area (Å²) in [7, 11) is 0. The van der Waals surface area contributed by atoms with Gasteiger partial charge in [-0.05, 0) is 41.1 Å². The molecule has 3 heterocycles. The van der Waals surface area contributed by atoms with Gasteiger partial charge in [0.1, 0.15) is 0 Å². The quantitative estimate of drug-likeness (QED) is 0.813. The molecule has 2 aliphatic heterocycles. The lowest BCUT2D eigenvalue weighted by Gasteiger charge is -2.46. The molecule has 138 valence electrons. The Kier molecular flexibility index (Phi) is 4.52. The predicted molar refractivity (Wildman–Crippen MR) is 93.9 cm³/mol. The smallest absolute Gasteiger partial charge is 0.339 e. The van der Waals surface area contributed by atoms with Crippen LogP contribution in [0.4, 0.5) is 13.2 Å². The van der Waals surface area contributed by atoms with Gasteiger partial charge in [-0.3, -0.25) is 9.69 Å². The highest BCUT2D eigenvalue weighted by Gasteiger charge is 2.36. The van der Waals surface area contributed by atoms with Crippen molar-refractivity contribution in [2.24, 2.45) is 0 Å². The van der Waals surface area contributed by atoms with Crippen LogP contribution in [-0.2, 0) is 30.4 Å². The summed E-state index contributed by atoms with van der Waals surface area (Å²) in [6.45, 7) is 3.39. The maximum Gasteiger partial charge on any atom is 0.416 e. The monoisotopic (exact) mass is 380 g/mol. The van der Waals surface area contributed by atoms with Crippen LogP contribution in [0.3, 0.4) is 0 Å². The van der Waals surface area contributed by atoms with Gasteiger partial charge in [-0.1, -0.05) is 12.1 Å². The van der Waals surface area contributed by atoms with Crippen LogP contribution in [-0.4, -0.2) is 41.4 Å². The molecule has 0 N–H and O–H groups in total. The highest BCUT2D eigenvalue weighted by Crippen LogP contribution is 2.30. The van der Waals surface area contributed by atoms with Crippen LogP contribution in [0.15, 0.2) is 35.7 Å². The molecule has 0 spiro atoms. The SMILES string of the molecule is O=C(Cc1ccc(C(F)(F)F)cc1)N1CC(N2CCc3sccc3C2)C1. The Morgan fingerprint density at radius 2 is 1.88 bits per heavy atom. The topological polar surface area (TPSA) is 23.6 Å². The zero-order chi connectivity index (χ0) is 18.3. The Bertz CT molecular complexity index is 794. The van der Waals surface area contributed by atoms with Crippen LogP contribution < -0.4 is 0 Å². The summed E-state index contributed by atoms with van der Waals surface area (Å²) >= 11 is 1.81. The molecular weight excluding hydrogens is 361 g/mol. The van der Waals surface area contributed by atoms with Crippen molar-refractivity contribution in [3.05, 3.63) is 57.3 Å². The number of halogens is 3. The number of carbonyl (C=O) groups is 1. The number of rotatable bonds is 3. The van der Waals surface area contributed by atoms with Crippen molar-refractivity contribution < 1.29 is 18.0 Å². The fourth-order valence-corrected chi connectivity index (χ4v) is 4.46. The van der Waals surface area contributed by atoms with E-state index in [0.717, 1.165) is 31.6 Å². The summed E-state index contributed by atoms with van der Waals surface area (Å²) in [4.78, 5) is 18.0. The van der Waals surface area contributed by atoms with E-state index >= 15 is 0 Å². The van der Waals surface area contributed by atoms with Gasteiger partial charge in [0.05, 0.1) is 12.0 Å². The molecule has 1 saturated heterocycles. The fraction of sp³-hybridized carbons (Fsp3) is 0.421. The third-order valence-corrected chi connectivity index (χ3v) is 6.23. The zero-order valence-corrected chi connectivity index (χ0v) is 14.9. The summed E-state index contributed by atoms with van der Waals surface area (Å²) in [5.41, 5.74) is 1.33. The molecule has 1 aromatic carbocycles. The molecule has 1 amide bonds. The van der Waals surface area contributed by atoms with Crippen molar-refractivity contribution in [2.75, 3.05) is 19.6 Å². The van der Waals surface area contributed by atoms with Gasteiger partial charge in [-0.2, -0.15) is 13.2 Å². The van der Waals surface area contributed by atoms with Gasteiger partial charge in [-0.25, -0.2) is 0 Å². The maximum atomic E-state index is 12.6. The minimum absolute atomic E-state index is 0.0192. The lowest BCUT2D eigenvalue weighted by molar-refractivity contribution is -0.138. The molecule has 4 rings (SSSR count). The summed E-state index contributed by atoms with van der Waals surface area (Å²) in [5.74, 6) is -0.0192. The molecule has 0 aliphatic carbocycles. The van der Waals surface area contributed by atoms with E-state index in [1.165, 1.54) is 22.6 Å². The number of hydrogen-bond acceptors (Lipinski definition) is 3. The van der Waals surface area contributed by atoms with Gasteiger partial charge in [-0.15, -0.1) is 11.3 Å². The van der Waals surface area contributed by atoms with Crippen LogP contribution in [0.5, 0.6) is 0 Å². The molecule has 0 atom stereocenters. The molecule has 0 saturated carbocycles. The number of hydrogen-bond donors (Lipinski definition) is 0. The van der Waals surface area contributed by atoms with Crippen molar-refractivity contribution in [3.63, 3.8) is 0 Å². The summed E-state index contributed by atoms with van der Waals surface area (Å²) in [6.07, 6.45) is -3.12. The van der Waals surface area contributed by atoms with Crippen LogP contribution in [0.2, 0.25) is 0 Å². The first-order valence-electron chi connectivity index (χ1n) is 8.63. The third-order valence-electron chi connectivity index (χ3n) is 5.21. The number of alkyl halides is 3. The fourth-order valence-electron chi connectivity index (χ4n) is 3.57. The molecular formula is C19H19F3N2OS. The van der Waals surface area contributed by atoms with E-state index in [0.29, 0.717) is 24.7 Å². The number of thiophene rings is 1. The molecule has 3 nitrogen and oxygen atoms in total. The van der Waals surface area contributed by atoms with E-state index in [4.69, 9.17) is 0 Å². The highest BCUT2D eigenvalue weighted by atomic mass is 32.1. The number of nitrogens with zero attached hydrogens (tertiary/aromatic N) is 2. The first-order chi connectivity index (χ1) is 12.4. The number of amides is 1. The molecule has 7 heteroatoms. The highest BCUT2D eigenvalue weighted by molar-refractivity contribution is 7.10. The van der Waals surface area contributed by atoms with Crippen molar-refractivity contribution in [1.29, 1.82) is 0 Å². The van der Waals surface area contributed by atoms with E-state index in [1.54, 1.807) is 4.90 Å². The first-order valence-corrected chi connectivity index (χ1v) is 9.51. The standard InChI is InChI=1S/C19H19F3N2OS/c20-19(21,22)15-3-1-13(2-4-15)9-18(25)24-11-16(12-24)23-7-5-17-14(10-23)6-8-26-17/h1-4,6,8,16H,5,7,9-12H2. The molecule has 0 bridgehead atoms.